The van der Waals surface area contributed by atoms with E-state index in [0.29, 0.717) is 31.0 Å². The van der Waals surface area contributed by atoms with Crippen LogP contribution in [0.5, 0.6) is 5.75 Å². The molecule has 166 valence electrons. The van der Waals surface area contributed by atoms with E-state index in [9.17, 15) is 26.4 Å². The molecule has 1 aliphatic rings. The van der Waals surface area contributed by atoms with Crippen molar-refractivity contribution in [2.24, 2.45) is 10.9 Å². The van der Waals surface area contributed by atoms with Crippen molar-refractivity contribution in [2.75, 3.05) is 13.2 Å². The molecular formula is C18H22F3N3O5S. The molecule has 2 atom stereocenters. The molecule has 0 aliphatic heterocycles. The van der Waals surface area contributed by atoms with Gasteiger partial charge in [-0.05, 0) is 38.3 Å². The minimum absolute atomic E-state index is 0.0517. The zero-order valence-electron chi connectivity index (χ0n) is 16.1. The number of hydrogen-bond donors (Lipinski definition) is 3. The van der Waals surface area contributed by atoms with Gasteiger partial charge in [0, 0.05) is 30.0 Å². The first-order valence-electron chi connectivity index (χ1n) is 9.11. The molecular weight excluding hydrogens is 427 g/mol. The average Bonchev–Trinajstić information content (AvgIpc) is 2.65. The zero-order valence-corrected chi connectivity index (χ0v) is 16.9. The summed E-state index contributed by atoms with van der Waals surface area (Å²) in [4.78, 5) is 14.1. The molecule has 8 nitrogen and oxygen atoms in total. The first-order valence-corrected chi connectivity index (χ1v) is 10.6. The molecule has 0 bridgehead atoms. The Morgan fingerprint density at radius 1 is 1.40 bits per heavy atom. The van der Waals surface area contributed by atoms with Crippen LogP contribution >= 0.6 is 0 Å². The third-order valence-electron chi connectivity index (χ3n) is 4.50. The summed E-state index contributed by atoms with van der Waals surface area (Å²) in [5.41, 5.74) is -0.796. The van der Waals surface area contributed by atoms with E-state index in [1.807, 2.05) is 0 Å². The van der Waals surface area contributed by atoms with Gasteiger partial charge < -0.3 is 15.3 Å². The van der Waals surface area contributed by atoms with E-state index in [1.54, 1.807) is 6.92 Å². The lowest BCUT2D eigenvalue weighted by Gasteiger charge is -2.30. The lowest BCUT2D eigenvalue weighted by Crippen LogP contribution is -2.46. The van der Waals surface area contributed by atoms with Gasteiger partial charge in [0.05, 0.1) is 17.1 Å². The van der Waals surface area contributed by atoms with Crippen molar-refractivity contribution in [3.63, 3.8) is 0 Å². The Labute approximate surface area is 171 Å². The van der Waals surface area contributed by atoms with E-state index in [2.05, 4.69) is 9.71 Å². The number of ether oxygens (including phenoxy) is 1. The third kappa shape index (κ3) is 6.02. The second-order valence-electron chi connectivity index (χ2n) is 6.64. The number of hydrogen-bond acceptors (Lipinski definition) is 6. The Morgan fingerprint density at radius 3 is 2.67 bits per heavy atom. The third-order valence-corrected chi connectivity index (χ3v) is 5.97. The van der Waals surface area contributed by atoms with E-state index < -0.39 is 51.1 Å². The summed E-state index contributed by atoms with van der Waals surface area (Å²) in [7, 11) is -4.39. The van der Waals surface area contributed by atoms with E-state index in [4.69, 9.17) is 15.3 Å². The molecule has 0 amide bonds. The van der Waals surface area contributed by atoms with E-state index in [-0.39, 0.29) is 12.4 Å². The van der Waals surface area contributed by atoms with Gasteiger partial charge >= 0.3 is 12.1 Å². The molecule has 0 spiro atoms. The molecule has 0 heterocycles. The van der Waals surface area contributed by atoms with Gasteiger partial charge in [0.1, 0.15) is 12.3 Å². The summed E-state index contributed by atoms with van der Waals surface area (Å²) in [6.07, 6.45) is -2.59. The van der Waals surface area contributed by atoms with Gasteiger partial charge in [-0.25, -0.2) is 13.1 Å². The highest BCUT2D eigenvalue weighted by Gasteiger charge is 2.35. The number of alkyl halides is 3. The first kappa shape index (κ1) is 23.8. The van der Waals surface area contributed by atoms with Crippen LogP contribution in [0.2, 0.25) is 0 Å². The molecule has 1 saturated carbocycles. The number of carboxylic acid groups (broad SMARTS) is 1. The number of nitrogens with one attached hydrogen (secondary N) is 2. The molecule has 0 aromatic heterocycles. The van der Waals surface area contributed by atoms with Crippen molar-refractivity contribution >= 4 is 27.9 Å². The van der Waals surface area contributed by atoms with Gasteiger partial charge in [-0.2, -0.15) is 13.2 Å². The number of carbonyl (C=O) groups is 1. The Morgan fingerprint density at radius 2 is 2.10 bits per heavy atom. The van der Waals surface area contributed by atoms with Gasteiger partial charge in [0.25, 0.3) is 0 Å². The summed E-state index contributed by atoms with van der Waals surface area (Å²) in [5, 5.41) is 16.4. The second-order valence-corrected chi connectivity index (χ2v) is 8.35. The molecule has 0 radical (unpaired) electrons. The van der Waals surface area contributed by atoms with Crippen LogP contribution < -0.4 is 9.46 Å². The lowest BCUT2D eigenvalue weighted by atomic mass is 9.84. The number of sulfonamides is 1. The van der Waals surface area contributed by atoms with Crippen molar-refractivity contribution in [1.29, 1.82) is 5.41 Å². The summed E-state index contributed by atoms with van der Waals surface area (Å²) in [5.74, 6) is -2.19. The van der Waals surface area contributed by atoms with Crippen LogP contribution in [0.3, 0.4) is 0 Å². The number of halogens is 3. The predicted molar refractivity (Wildman–Crippen MR) is 103 cm³/mol. The fourth-order valence-electron chi connectivity index (χ4n) is 3.19. The Bertz CT molecular complexity index is 931. The number of aliphatic carboxylic acids is 1. The first-order chi connectivity index (χ1) is 14.0. The van der Waals surface area contributed by atoms with E-state index in [0.717, 1.165) is 18.3 Å². The van der Waals surface area contributed by atoms with Crippen molar-refractivity contribution in [1.82, 2.24) is 4.72 Å². The molecule has 30 heavy (non-hydrogen) atoms. The number of aliphatic imine (C=N–C) groups is 1. The number of rotatable bonds is 8. The highest BCUT2D eigenvalue weighted by molar-refractivity contribution is 7.89. The van der Waals surface area contributed by atoms with Crippen LogP contribution in [0.4, 0.5) is 13.2 Å². The maximum absolute atomic E-state index is 13.2. The zero-order chi connectivity index (χ0) is 22.5. The molecule has 1 aromatic rings. The number of nitrogens with zero attached hydrogens (tertiary/aromatic N) is 1. The number of benzene rings is 1. The van der Waals surface area contributed by atoms with Gasteiger partial charge in [-0.1, -0.05) is 0 Å². The van der Waals surface area contributed by atoms with Crippen LogP contribution in [0, 0.1) is 11.3 Å². The van der Waals surface area contributed by atoms with E-state index in [1.165, 1.54) is 0 Å². The Balaban J connectivity index is 2.37. The SMILES string of the molecule is CCOc1cc(C(F)(F)F)cc(S(=O)(=O)NC2CCCC(=NCC(=O)O)C2C=N)c1. The normalized spacial score (nSPS) is 21.4. The Kier molecular flexibility index (Phi) is 7.59. The van der Waals surface area contributed by atoms with Crippen LogP contribution in [0.25, 0.3) is 0 Å². The maximum Gasteiger partial charge on any atom is 0.416 e. The summed E-state index contributed by atoms with van der Waals surface area (Å²) in [6, 6.07) is 1.41. The monoisotopic (exact) mass is 449 g/mol. The highest BCUT2D eigenvalue weighted by Crippen LogP contribution is 2.34. The Hall–Kier alpha value is -2.47. The fourth-order valence-corrected chi connectivity index (χ4v) is 4.54. The molecule has 1 fully saturated rings. The second kappa shape index (κ2) is 9.56. The average molecular weight is 449 g/mol. The molecule has 12 heteroatoms. The minimum Gasteiger partial charge on any atom is -0.494 e. The lowest BCUT2D eigenvalue weighted by molar-refractivity contribution is -0.138. The summed E-state index contributed by atoms with van der Waals surface area (Å²) < 4.78 is 72.6. The van der Waals surface area contributed by atoms with E-state index >= 15 is 0 Å². The van der Waals surface area contributed by atoms with Crippen molar-refractivity contribution in [3.8, 4) is 5.75 Å². The number of carboxylic acids is 1. The summed E-state index contributed by atoms with van der Waals surface area (Å²) in [6.45, 7) is 1.10. The van der Waals surface area contributed by atoms with Crippen molar-refractivity contribution < 1.29 is 36.2 Å². The molecule has 1 aliphatic carbocycles. The van der Waals surface area contributed by atoms with Crippen LogP contribution in [-0.2, 0) is 21.0 Å². The topological polar surface area (TPSA) is 129 Å². The van der Waals surface area contributed by atoms with Gasteiger partial charge in [0.15, 0.2) is 0 Å². The van der Waals surface area contributed by atoms with Crippen molar-refractivity contribution in [3.05, 3.63) is 23.8 Å². The summed E-state index contributed by atoms with van der Waals surface area (Å²) >= 11 is 0. The molecule has 2 rings (SSSR count). The highest BCUT2D eigenvalue weighted by atomic mass is 32.2. The molecule has 2 unspecified atom stereocenters. The van der Waals surface area contributed by atoms with Gasteiger partial charge in [0.2, 0.25) is 10.0 Å². The maximum atomic E-state index is 13.2. The molecule has 0 saturated heterocycles. The standard InChI is InChI=1S/C18H22F3N3O5S/c1-2-29-12-6-11(18(19,20)21)7-13(8-12)30(27,28)24-16-5-3-4-15(14(16)9-22)23-10-17(25)26/h6-9,14,16,22,24H,2-5,10H2,1H3,(H,25,26). The quantitative estimate of drug-likeness (QED) is 0.526. The van der Waals surface area contributed by atoms with Gasteiger partial charge in [-0.15, -0.1) is 0 Å². The smallest absolute Gasteiger partial charge is 0.416 e. The van der Waals surface area contributed by atoms with Crippen LogP contribution in [0.15, 0.2) is 28.1 Å². The van der Waals surface area contributed by atoms with Crippen molar-refractivity contribution in [2.45, 2.75) is 43.3 Å². The van der Waals surface area contributed by atoms with Crippen LogP contribution in [-0.4, -0.2) is 50.6 Å². The van der Waals surface area contributed by atoms with Crippen LogP contribution in [0.1, 0.15) is 31.7 Å². The minimum atomic E-state index is -4.77. The largest absolute Gasteiger partial charge is 0.494 e. The molecule has 1 aromatic carbocycles. The molecule has 3 N–H and O–H groups in total. The van der Waals surface area contributed by atoms with Gasteiger partial charge in [-0.3, -0.25) is 9.79 Å². The predicted octanol–water partition coefficient (Wildman–Crippen LogP) is 2.73. The fraction of sp³-hybridized carbons (Fsp3) is 0.500.